The monoisotopic (exact) mass is 109 g/mol. The minimum absolute atomic E-state index is 0.647. The summed E-state index contributed by atoms with van der Waals surface area (Å²) in [7, 11) is 0. The van der Waals surface area contributed by atoms with Gasteiger partial charge in [0.05, 0.1) is 6.54 Å². The highest BCUT2D eigenvalue weighted by molar-refractivity contribution is 5.61. The number of aliphatic imine (C=N–C) groups is 1. The Kier molecular flexibility index (Phi) is 1.84. The summed E-state index contributed by atoms with van der Waals surface area (Å²) in [6, 6.07) is 0. The van der Waals surface area contributed by atoms with Crippen molar-refractivity contribution in [3.63, 3.8) is 0 Å². The van der Waals surface area contributed by atoms with Crippen LogP contribution in [0, 0.1) is 5.92 Å². The summed E-state index contributed by atoms with van der Waals surface area (Å²) in [6.07, 6.45) is 7.49. The van der Waals surface area contributed by atoms with E-state index in [4.69, 9.17) is 0 Å². The van der Waals surface area contributed by atoms with Crippen molar-refractivity contribution >= 4 is 6.21 Å². The van der Waals surface area contributed by atoms with Crippen LogP contribution in [-0.4, -0.2) is 12.8 Å². The van der Waals surface area contributed by atoms with E-state index in [1.165, 1.54) is 0 Å². The van der Waals surface area contributed by atoms with E-state index < -0.39 is 0 Å². The Morgan fingerprint density at radius 1 is 1.50 bits per heavy atom. The molecule has 44 valence electrons. The van der Waals surface area contributed by atoms with E-state index in [1.54, 1.807) is 0 Å². The molecule has 0 saturated carbocycles. The molecule has 0 N–H and O–H groups in total. The summed E-state index contributed by atoms with van der Waals surface area (Å²) < 4.78 is 0. The summed E-state index contributed by atoms with van der Waals surface area (Å²) in [5.74, 6) is 0.647. The molecule has 0 spiro atoms. The van der Waals surface area contributed by atoms with Gasteiger partial charge in [-0.15, -0.1) is 0 Å². The third kappa shape index (κ3) is 1.49. The van der Waals surface area contributed by atoms with Gasteiger partial charge in [0.1, 0.15) is 0 Å². The zero-order chi connectivity index (χ0) is 5.82. The highest BCUT2D eigenvalue weighted by Gasteiger charge is 1.94. The lowest BCUT2D eigenvalue weighted by Gasteiger charge is -1.94. The second kappa shape index (κ2) is 2.65. The molecule has 0 aromatic carbocycles. The van der Waals surface area contributed by atoms with Crippen molar-refractivity contribution < 1.29 is 0 Å². The summed E-state index contributed by atoms with van der Waals surface area (Å²) >= 11 is 0. The topological polar surface area (TPSA) is 12.4 Å². The summed E-state index contributed by atoms with van der Waals surface area (Å²) in [5, 5.41) is 0. The molecule has 0 saturated heterocycles. The SMILES string of the molecule is CC1C=NCC=CC1. The van der Waals surface area contributed by atoms with Crippen LogP contribution in [-0.2, 0) is 0 Å². The van der Waals surface area contributed by atoms with Crippen molar-refractivity contribution in [3.8, 4) is 0 Å². The van der Waals surface area contributed by atoms with Crippen LogP contribution in [0.1, 0.15) is 13.3 Å². The van der Waals surface area contributed by atoms with Crippen molar-refractivity contribution in [2.24, 2.45) is 10.9 Å². The molecular formula is C7H11N. The van der Waals surface area contributed by atoms with Crippen LogP contribution in [0.15, 0.2) is 17.1 Å². The Bertz CT molecular complexity index is 114. The highest BCUT2D eigenvalue weighted by atomic mass is 14.7. The van der Waals surface area contributed by atoms with Gasteiger partial charge < -0.3 is 0 Å². The van der Waals surface area contributed by atoms with Gasteiger partial charge in [-0.3, -0.25) is 4.99 Å². The molecule has 0 radical (unpaired) electrons. The van der Waals surface area contributed by atoms with Crippen LogP contribution >= 0.6 is 0 Å². The van der Waals surface area contributed by atoms with Gasteiger partial charge in [0, 0.05) is 6.21 Å². The molecule has 1 nitrogen and oxygen atoms in total. The van der Waals surface area contributed by atoms with Crippen LogP contribution in [0.25, 0.3) is 0 Å². The van der Waals surface area contributed by atoms with Crippen molar-refractivity contribution in [3.05, 3.63) is 12.2 Å². The molecule has 0 aromatic rings. The Morgan fingerprint density at radius 3 is 3.25 bits per heavy atom. The van der Waals surface area contributed by atoms with Crippen LogP contribution in [0.3, 0.4) is 0 Å². The smallest absolute Gasteiger partial charge is 0.0566 e. The number of nitrogens with zero attached hydrogens (tertiary/aromatic N) is 1. The standard InChI is InChI=1S/C7H11N/c1-7-4-2-3-5-8-6-7/h2-3,6-7H,4-5H2,1H3. The van der Waals surface area contributed by atoms with Gasteiger partial charge in [-0.1, -0.05) is 19.1 Å². The lowest BCUT2D eigenvalue weighted by molar-refractivity contribution is 0.812. The summed E-state index contributed by atoms with van der Waals surface area (Å²) in [6.45, 7) is 3.06. The van der Waals surface area contributed by atoms with Crippen molar-refractivity contribution in [2.45, 2.75) is 13.3 Å². The van der Waals surface area contributed by atoms with Gasteiger partial charge >= 0.3 is 0 Å². The first-order valence-electron chi connectivity index (χ1n) is 3.04. The number of rotatable bonds is 0. The molecule has 1 rings (SSSR count). The van der Waals surface area contributed by atoms with Crippen LogP contribution in [0.5, 0.6) is 0 Å². The predicted molar refractivity (Wildman–Crippen MR) is 36.3 cm³/mol. The second-order valence-electron chi connectivity index (χ2n) is 2.20. The van der Waals surface area contributed by atoms with E-state index in [-0.39, 0.29) is 0 Å². The maximum atomic E-state index is 4.14. The lowest BCUT2D eigenvalue weighted by atomic mass is 10.1. The van der Waals surface area contributed by atoms with E-state index >= 15 is 0 Å². The van der Waals surface area contributed by atoms with E-state index in [2.05, 4.69) is 24.1 Å². The van der Waals surface area contributed by atoms with E-state index in [1.807, 2.05) is 6.21 Å². The Hall–Kier alpha value is -0.590. The van der Waals surface area contributed by atoms with Gasteiger partial charge in [-0.25, -0.2) is 0 Å². The molecule has 1 heteroatoms. The number of allylic oxidation sites excluding steroid dienone is 1. The van der Waals surface area contributed by atoms with Gasteiger partial charge in [0.2, 0.25) is 0 Å². The molecule has 0 aromatic heterocycles. The Morgan fingerprint density at radius 2 is 2.38 bits per heavy atom. The van der Waals surface area contributed by atoms with Crippen LogP contribution in [0.4, 0.5) is 0 Å². The van der Waals surface area contributed by atoms with Gasteiger partial charge in [0.25, 0.3) is 0 Å². The van der Waals surface area contributed by atoms with E-state index in [0.29, 0.717) is 5.92 Å². The average Bonchev–Trinajstić information content (AvgIpc) is 1.94. The third-order valence-electron chi connectivity index (χ3n) is 1.25. The minimum atomic E-state index is 0.647. The van der Waals surface area contributed by atoms with Crippen LogP contribution < -0.4 is 0 Å². The number of hydrogen-bond donors (Lipinski definition) is 0. The quantitative estimate of drug-likeness (QED) is 0.419. The zero-order valence-corrected chi connectivity index (χ0v) is 5.17. The Balaban J connectivity index is 2.48. The maximum absolute atomic E-state index is 4.14. The average molecular weight is 109 g/mol. The van der Waals surface area contributed by atoms with E-state index in [9.17, 15) is 0 Å². The maximum Gasteiger partial charge on any atom is 0.0566 e. The molecule has 8 heavy (non-hydrogen) atoms. The molecular weight excluding hydrogens is 98.1 g/mol. The fraction of sp³-hybridized carbons (Fsp3) is 0.571. The molecule has 1 unspecified atom stereocenters. The third-order valence-corrected chi connectivity index (χ3v) is 1.25. The first-order chi connectivity index (χ1) is 3.89. The summed E-state index contributed by atoms with van der Waals surface area (Å²) in [5.41, 5.74) is 0. The van der Waals surface area contributed by atoms with Gasteiger partial charge in [0.15, 0.2) is 0 Å². The molecule has 1 heterocycles. The molecule has 1 atom stereocenters. The van der Waals surface area contributed by atoms with E-state index in [0.717, 1.165) is 13.0 Å². The largest absolute Gasteiger partial charge is 0.293 e. The minimum Gasteiger partial charge on any atom is -0.293 e. The number of hydrogen-bond acceptors (Lipinski definition) is 1. The fourth-order valence-corrected chi connectivity index (χ4v) is 0.748. The molecule has 0 bridgehead atoms. The second-order valence-corrected chi connectivity index (χ2v) is 2.20. The first-order valence-corrected chi connectivity index (χ1v) is 3.04. The van der Waals surface area contributed by atoms with Crippen LogP contribution in [0.2, 0.25) is 0 Å². The molecule has 0 aliphatic carbocycles. The predicted octanol–water partition coefficient (Wildman–Crippen LogP) is 1.65. The van der Waals surface area contributed by atoms with Gasteiger partial charge in [-0.05, 0) is 12.3 Å². The fourth-order valence-electron chi connectivity index (χ4n) is 0.748. The molecule has 1 aliphatic rings. The highest BCUT2D eigenvalue weighted by Crippen LogP contribution is 2.01. The van der Waals surface area contributed by atoms with Crippen molar-refractivity contribution in [2.75, 3.05) is 6.54 Å². The Labute approximate surface area is 50.1 Å². The van der Waals surface area contributed by atoms with Crippen molar-refractivity contribution in [1.82, 2.24) is 0 Å². The lowest BCUT2D eigenvalue weighted by Crippen LogP contribution is -1.90. The molecule has 0 amide bonds. The normalized spacial score (nSPS) is 27.9. The first kappa shape index (κ1) is 5.54. The van der Waals surface area contributed by atoms with Gasteiger partial charge in [-0.2, -0.15) is 0 Å². The molecule has 1 aliphatic heterocycles. The summed E-state index contributed by atoms with van der Waals surface area (Å²) in [4.78, 5) is 4.14. The zero-order valence-electron chi connectivity index (χ0n) is 5.17. The molecule has 0 fully saturated rings. The van der Waals surface area contributed by atoms with Crippen molar-refractivity contribution in [1.29, 1.82) is 0 Å².